The van der Waals surface area contributed by atoms with E-state index in [2.05, 4.69) is 10.3 Å². The zero-order chi connectivity index (χ0) is 19.9. The highest BCUT2D eigenvalue weighted by Gasteiger charge is 2.10. The molecule has 3 aromatic rings. The second kappa shape index (κ2) is 9.09. The van der Waals surface area contributed by atoms with Gasteiger partial charge in [0, 0.05) is 6.08 Å². The zero-order valence-corrected chi connectivity index (χ0v) is 15.8. The molecular formula is C20H17FN2O4S. The van der Waals surface area contributed by atoms with Gasteiger partial charge in [-0.25, -0.2) is 14.2 Å². The Balaban J connectivity index is 1.51. The number of carbonyl (C=O) groups excluding carboxylic acids is 2. The lowest BCUT2D eigenvalue weighted by Gasteiger charge is -2.02. The van der Waals surface area contributed by atoms with Gasteiger partial charge in [-0.2, -0.15) is 0 Å². The first kappa shape index (κ1) is 19.5. The number of esters is 1. The van der Waals surface area contributed by atoms with Crippen molar-refractivity contribution in [2.75, 3.05) is 18.5 Å². The fourth-order valence-electron chi connectivity index (χ4n) is 2.29. The Kier molecular flexibility index (Phi) is 6.33. The number of fused-ring (bicyclic) bond motifs is 1. The number of halogens is 1. The molecule has 0 fully saturated rings. The molecule has 0 atom stereocenters. The van der Waals surface area contributed by atoms with Gasteiger partial charge in [-0.05, 0) is 48.9 Å². The molecule has 8 heteroatoms. The summed E-state index contributed by atoms with van der Waals surface area (Å²) in [5.74, 6) is -0.795. The van der Waals surface area contributed by atoms with Crippen LogP contribution in [0, 0.1) is 5.82 Å². The number of anilines is 1. The van der Waals surface area contributed by atoms with Crippen molar-refractivity contribution in [1.29, 1.82) is 0 Å². The zero-order valence-electron chi connectivity index (χ0n) is 15.0. The topological polar surface area (TPSA) is 77.5 Å². The molecule has 0 aliphatic rings. The van der Waals surface area contributed by atoms with Gasteiger partial charge in [0.15, 0.2) is 11.7 Å². The minimum absolute atomic E-state index is 0.361. The average Bonchev–Trinajstić information content (AvgIpc) is 3.07. The van der Waals surface area contributed by atoms with E-state index < -0.39 is 18.5 Å². The maximum absolute atomic E-state index is 12.8. The number of aromatic nitrogens is 1. The molecule has 144 valence electrons. The SMILES string of the molecule is CCOc1ccc2nc(NC(=O)COC(=O)/C=C/c3ccc(F)cc3)sc2c1. The normalized spacial score (nSPS) is 10.9. The Labute approximate surface area is 164 Å². The van der Waals surface area contributed by atoms with Crippen molar-refractivity contribution in [3.05, 3.63) is 59.9 Å². The van der Waals surface area contributed by atoms with Crippen molar-refractivity contribution in [3.63, 3.8) is 0 Å². The van der Waals surface area contributed by atoms with Crippen LogP contribution in [0.4, 0.5) is 9.52 Å². The summed E-state index contributed by atoms with van der Waals surface area (Å²) >= 11 is 1.30. The summed E-state index contributed by atoms with van der Waals surface area (Å²) in [6, 6.07) is 11.1. The molecule has 0 aliphatic heterocycles. The van der Waals surface area contributed by atoms with Gasteiger partial charge in [-0.1, -0.05) is 23.5 Å². The highest BCUT2D eigenvalue weighted by atomic mass is 32.1. The van der Waals surface area contributed by atoms with Crippen molar-refractivity contribution in [3.8, 4) is 5.75 Å². The van der Waals surface area contributed by atoms with Crippen molar-refractivity contribution < 1.29 is 23.5 Å². The molecule has 0 saturated heterocycles. The Morgan fingerprint density at radius 3 is 2.75 bits per heavy atom. The van der Waals surface area contributed by atoms with E-state index in [1.165, 1.54) is 47.8 Å². The van der Waals surface area contributed by atoms with E-state index in [0.29, 0.717) is 17.3 Å². The number of carbonyl (C=O) groups is 2. The number of amides is 1. The summed E-state index contributed by atoms with van der Waals surface area (Å²) < 4.78 is 24.0. The Hall–Kier alpha value is -3.26. The Bertz CT molecular complexity index is 1010. The number of thiazole rings is 1. The molecule has 1 amide bonds. The standard InChI is InChI=1S/C20H17FN2O4S/c1-2-26-15-8-9-16-17(11-15)28-20(22-16)23-18(24)12-27-19(25)10-5-13-3-6-14(21)7-4-13/h3-11H,2,12H2,1H3,(H,22,23,24)/b10-5+. The highest BCUT2D eigenvalue weighted by Crippen LogP contribution is 2.29. The smallest absolute Gasteiger partial charge is 0.331 e. The molecule has 0 unspecified atom stereocenters. The van der Waals surface area contributed by atoms with Crippen molar-refractivity contribution in [2.45, 2.75) is 6.92 Å². The summed E-state index contributed by atoms with van der Waals surface area (Å²) in [6.07, 6.45) is 2.65. The minimum Gasteiger partial charge on any atom is -0.494 e. The summed E-state index contributed by atoms with van der Waals surface area (Å²) in [5, 5.41) is 3.01. The van der Waals surface area contributed by atoms with Gasteiger partial charge in [0.1, 0.15) is 11.6 Å². The number of hydrogen-bond acceptors (Lipinski definition) is 6. The van der Waals surface area contributed by atoms with E-state index in [4.69, 9.17) is 9.47 Å². The molecule has 1 N–H and O–H groups in total. The van der Waals surface area contributed by atoms with Gasteiger partial charge < -0.3 is 9.47 Å². The van der Waals surface area contributed by atoms with Crippen molar-refractivity contribution in [2.24, 2.45) is 0 Å². The monoisotopic (exact) mass is 400 g/mol. The maximum Gasteiger partial charge on any atom is 0.331 e. The van der Waals surface area contributed by atoms with Gasteiger partial charge in [0.05, 0.1) is 16.8 Å². The molecule has 0 aliphatic carbocycles. The van der Waals surface area contributed by atoms with Crippen molar-refractivity contribution in [1.82, 2.24) is 4.98 Å². The van der Waals surface area contributed by atoms with Crippen LogP contribution in [0.25, 0.3) is 16.3 Å². The van der Waals surface area contributed by atoms with Crippen LogP contribution in [0.3, 0.4) is 0 Å². The minimum atomic E-state index is -0.676. The third-order valence-corrected chi connectivity index (χ3v) is 4.48. The van der Waals surface area contributed by atoms with Crippen LogP contribution < -0.4 is 10.1 Å². The highest BCUT2D eigenvalue weighted by molar-refractivity contribution is 7.22. The third-order valence-electron chi connectivity index (χ3n) is 3.54. The summed E-state index contributed by atoms with van der Waals surface area (Å²) in [7, 11) is 0. The number of hydrogen-bond donors (Lipinski definition) is 1. The number of nitrogens with one attached hydrogen (secondary N) is 1. The van der Waals surface area contributed by atoms with Gasteiger partial charge >= 0.3 is 5.97 Å². The third kappa shape index (κ3) is 5.37. The first-order valence-corrected chi connectivity index (χ1v) is 9.29. The van der Waals surface area contributed by atoms with E-state index in [1.54, 1.807) is 0 Å². The van der Waals surface area contributed by atoms with E-state index in [0.717, 1.165) is 16.0 Å². The largest absolute Gasteiger partial charge is 0.494 e. The lowest BCUT2D eigenvalue weighted by Crippen LogP contribution is -2.19. The molecule has 0 spiro atoms. The molecule has 6 nitrogen and oxygen atoms in total. The molecule has 28 heavy (non-hydrogen) atoms. The predicted octanol–water partition coefficient (Wildman–Crippen LogP) is 4.03. The molecule has 0 saturated carbocycles. The number of ether oxygens (including phenoxy) is 2. The molecule has 0 radical (unpaired) electrons. The number of nitrogens with zero attached hydrogens (tertiary/aromatic N) is 1. The molecule has 0 bridgehead atoms. The Morgan fingerprint density at radius 2 is 2.00 bits per heavy atom. The molecule has 2 aromatic carbocycles. The van der Waals surface area contributed by atoms with E-state index in [9.17, 15) is 14.0 Å². The average molecular weight is 400 g/mol. The first-order valence-electron chi connectivity index (χ1n) is 8.47. The summed E-state index contributed by atoms with van der Waals surface area (Å²) in [6.45, 7) is 2.03. The van der Waals surface area contributed by atoms with E-state index in [-0.39, 0.29) is 5.82 Å². The molecule has 3 rings (SSSR count). The number of benzene rings is 2. The summed E-state index contributed by atoms with van der Waals surface area (Å²) in [4.78, 5) is 28.0. The lowest BCUT2D eigenvalue weighted by atomic mass is 10.2. The van der Waals surface area contributed by atoms with Crippen LogP contribution in [0.1, 0.15) is 12.5 Å². The van der Waals surface area contributed by atoms with Gasteiger partial charge in [-0.15, -0.1) is 0 Å². The van der Waals surface area contributed by atoms with Crippen LogP contribution >= 0.6 is 11.3 Å². The van der Waals surface area contributed by atoms with Gasteiger partial charge in [0.25, 0.3) is 5.91 Å². The van der Waals surface area contributed by atoms with E-state index in [1.807, 2.05) is 25.1 Å². The molecular weight excluding hydrogens is 383 g/mol. The second-order valence-electron chi connectivity index (χ2n) is 5.62. The van der Waals surface area contributed by atoms with Crippen LogP contribution in [0.15, 0.2) is 48.5 Å². The quantitative estimate of drug-likeness (QED) is 0.479. The number of rotatable bonds is 7. The van der Waals surface area contributed by atoms with Crippen LogP contribution in [-0.4, -0.2) is 30.1 Å². The van der Waals surface area contributed by atoms with Gasteiger partial charge in [0.2, 0.25) is 0 Å². The maximum atomic E-state index is 12.8. The van der Waals surface area contributed by atoms with Crippen LogP contribution in [-0.2, 0) is 14.3 Å². The fourth-order valence-corrected chi connectivity index (χ4v) is 3.20. The van der Waals surface area contributed by atoms with Crippen LogP contribution in [0.2, 0.25) is 0 Å². The Morgan fingerprint density at radius 1 is 1.21 bits per heavy atom. The molecule has 1 heterocycles. The fraction of sp³-hybridized carbons (Fsp3) is 0.150. The van der Waals surface area contributed by atoms with E-state index >= 15 is 0 Å². The predicted molar refractivity (Wildman–Crippen MR) is 106 cm³/mol. The van der Waals surface area contributed by atoms with Crippen molar-refractivity contribution >= 4 is 44.6 Å². The van der Waals surface area contributed by atoms with Gasteiger partial charge in [-0.3, -0.25) is 10.1 Å². The lowest BCUT2D eigenvalue weighted by molar-refractivity contribution is -0.142. The first-order chi connectivity index (χ1) is 13.5. The second-order valence-corrected chi connectivity index (χ2v) is 6.65. The van der Waals surface area contributed by atoms with Crippen LogP contribution in [0.5, 0.6) is 5.75 Å². The summed E-state index contributed by atoms with van der Waals surface area (Å²) in [5.41, 5.74) is 1.38. The molecule has 1 aromatic heterocycles.